The molecule has 4 nitrogen and oxygen atoms in total. The van der Waals surface area contributed by atoms with E-state index in [0.717, 1.165) is 13.0 Å². The molecule has 0 spiro atoms. The Morgan fingerprint density at radius 3 is 2.46 bits per heavy atom. The Bertz CT molecular complexity index is 866. The second kappa shape index (κ2) is 9.07. The smallest absolute Gasteiger partial charge is 0.384 e. The Morgan fingerprint density at radius 1 is 1.25 bits per heavy atom. The van der Waals surface area contributed by atoms with Crippen LogP contribution >= 0.6 is 11.6 Å². The van der Waals surface area contributed by atoms with Gasteiger partial charge in [-0.3, -0.25) is 5.41 Å². The topological polar surface area (TPSA) is 71.1 Å². The van der Waals surface area contributed by atoms with E-state index >= 15 is 0 Å². The van der Waals surface area contributed by atoms with E-state index in [1.54, 1.807) is 24.3 Å². The number of hydrogen-bond acceptors (Lipinski definition) is 3. The van der Waals surface area contributed by atoms with Crippen LogP contribution in [0.2, 0.25) is 5.02 Å². The van der Waals surface area contributed by atoms with E-state index in [1.165, 1.54) is 18.2 Å². The van der Waals surface area contributed by atoms with Crippen LogP contribution in [0, 0.1) is 11.2 Å². The fourth-order valence-electron chi connectivity index (χ4n) is 2.24. The second-order valence-electron chi connectivity index (χ2n) is 5.99. The Labute approximate surface area is 164 Å². The number of hydrogen-bond donors (Lipinski definition) is 3. The van der Waals surface area contributed by atoms with Crippen LogP contribution in [-0.4, -0.2) is 18.1 Å². The molecule has 150 valence electrons. The summed E-state index contributed by atoms with van der Waals surface area (Å²) in [6, 6.07) is 10.3. The summed E-state index contributed by atoms with van der Waals surface area (Å²) in [5.74, 6) is -0.952. The number of halogens is 5. The van der Waals surface area contributed by atoms with E-state index in [-0.39, 0.29) is 11.4 Å². The predicted molar refractivity (Wildman–Crippen MR) is 102 cm³/mol. The molecule has 2 aromatic rings. The first-order chi connectivity index (χ1) is 13.0. The van der Waals surface area contributed by atoms with Crippen LogP contribution in [0.15, 0.2) is 48.5 Å². The van der Waals surface area contributed by atoms with Crippen molar-refractivity contribution < 1.29 is 22.3 Å². The molecule has 0 radical (unpaired) electrons. The predicted octanol–water partition coefficient (Wildman–Crippen LogP) is 5.34. The SMILES string of the molecule is C[C@@H](OCc1cc(F)cc(/C(=C/C(=N)N)Nc2ccc(Cl)cc2)c1)C(F)(F)F. The first kappa shape index (κ1) is 21.7. The third-order valence-corrected chi connectivity index (χ3v) is 3.90. The molecule has 9 heteroatoms. The van der Waals surface area contributed by atoms with Crippen LogP contribution in [0.5, 0.6) is 0 Å². The number of anilines is 1. The van der Waals surface area contributed by atoms with E-state index in [2.05, 4.69) is 5.32 Å². The van der Waals surface area contributed by atoms with Crippen LogP contribution in [0.3, 0.4) is 0 Å². The lowest BCUT2D eigenvalue weighted by Gasteiger charge is -2.17. The molecule has 4 N–H and O–H groups in total. The minimum Gasteiger partial charge on any atom is -0.384 e. The molecule has 0 aliphatic heterocycles. The highest BCUT2D eigenvalue weighted by atomic mass is 35.5. The van der Waals surface area contributed by atoms with Gasteiger partial charge in [-0.1, -0.05) is 11.6 Å². The van der Waals surface area contributed by atoms with Crippen molar-refractivity contribution in [2.75, 3.05) is 5.32 Å². The maximum Gasteiger partial charge on any atom is 0.414 e. The van der Waals surface area contributed by atoms with Crippen LogP contribution in [0.4, 0.5) is 23.2 Å². The van der Waals surface area contributed by atoms with Gasteiger partial charge in [-0.05, 0) is 55.0 Å². The van der Waals surface area contributed by atoms with Gasteiger partial charge in [0.2, 0.25) is 0 Å². The van der Waals surface area contributed by atoms with Gasteiger partial charge in [0.15, 0.2) is 6.10 Å². The molecule has 0 fully saturated rings. The maximum absolute atomic E-state index is 14.0. The molecule has 2 aromatic carbocycles. The number of alkyl halides is 3. The fraction of sp³-hybridized carbons (Fsp3) is 0.211. The summed E-state index contributed by atoms with van der Waals surface area (Å²) in [6.45, 7) is 0.448. The Hall–Kier alpha value is -2.58. The summed E-state index contributed by atoms with van der Waals surface area (Å²) < 4.78 is 56.6. The summed E-state index contributed by atoms with van der Waals surface area (Å²) in [6.07, 6.45) is -5.23. The van der Waals surface area contributed by atoms with Crippen LogP contribution < -0.4 is 11.1 Å². The number of ether oxygens (including phenoxy) is 1. The largest absolute Gasteiger partial charge is 0.414 e. The number of nitrogens with one attached hydrogen (secondary N) is 2. The number of benzene rings is 2. The average Bonchev–Trinajstić information content (AvgIpc) is 2.59. The van der Waals surface area contributed by atoms with Crippen molar-refractivity contribution in [2.45, 2.75) is 25.8 Å². The van der Waals surface area contributed by atoms with Crippen molar-refractivity contribution >= 4 is 28.8 Å². The van der Waals surface area contributed by atoms with Crippen LogP contribution in [0.1, 0.15) is 18.1 Å². The van der Waals surface area contributed by atoms with Gasteiger partial charge in [-0.2, -0.15) is 13.2 Å². The summed E-state index contributed by atoms with van der Waals surface area (Å²) in [7, 11) is 0. The summed E-state index contributed by atoms with van der Waals surface area (Å²) in [4.78, 5) is 0. The monoisotopic (exact) mass is 415 g/mol. The highest BCUT2D eigenvalue weighted by Gasteiger charge is 2.36. The molecule has 0 aliphatic rings. The van der Waals surface area contributed by atoms with E-state index < -0.39 is 24.7 Å². The molecule has 0 unspecified atom stereocenters. The van der Waals surface area contributed by atoms with Gasteiger partial charge in [-0.25, -0.2) is 4.39 Å². The zero-order valence-electron chi connectivity index (χ0n) is 14.8. The summed E-state index contributed by atoms with van der Waals surface area (Å²) in [5.41, 5.74) is 6.83. The lowest BCUT2D eigenvalue weighted by atomic mass is 10.1. The van der Waals surface area contributed by atoms with Gasteiger partial charge < -0.3 is 15.8 Å². The number of rotatable bonds is 7. The van der Waals surface area contributed by atoms with Gasteiger partial charge >= 0.3 is 6.18 Å². The van der Waals surface area contributed by atoms with E-state index in [0.29, 0.717) is 22.0 Å². The summed E-state index contributed by atoms with van der Waals surface area (Å²) >= 11 is 5.84. The zero-order chi connectivity index (χ0) is 20.9. The van der Waals surface area contributed by atoms with Gasteiger partial charge in [0.05, 0.1) is 6.61 Å². The molecule has 0 amide bonds. The minimum absolute atomic E-state index is 0.207. The molecule has 0 aromatic heterocycles. The molecule has 0 saturated heterocycles. The summed E-state index contributed by atoms with van der Waals surface area (Å²) in [5, 5.41) is 11.0. The van der Waals surface area contributed by atoms with E-state index in [9.17, 15) is 17.6 Å². The molecular weight excluding hydrogens is 398 g/mol. The van der Waals surface area contributed by atoms with E-state index in [1.807, 2.05) is 0 Å². The molecule has 1 atom stereocenters. The lowest BCUT2D eigenvalue weighted by molar-refractivity contribution is -0.217. The van der Waals surface area contributed by atoms with Gasteiger partial charge in [-0.15, -0.1) is 0 Å². The number of nitrogens with two attached hydrogens (primary N) is 1. The van der Waals surface area contributed by atoms with Crippen molar-refractivity contribution in [1.82, 2.24) is 0 Å². The van der Waals surface area contributed by atoms with Crippen molar-refractivity contribution in [3.05, 3.63) is 70.5 Å². The van der Waals surface area contributed by atoms with Gasteiger partial charge in [0, 0.05) is 28.0 Å². The second-order valence-corrected chi connectivity index (χ2v) is 6.42. The Kier molecular flexibility index (Phi) is 7.04. The third-order valence-electron chi connectivity index (χ3n) is 3.65. The number of amidine groups is 1. The normalized spacial score (nSPS) is 13.3. The molecule has 0 saturated carbocycles. The third kappa shape index (κ3) is 6.54. The maximum atomic E-state index is 14.0. The Balaban J connectivity index is 2.29. The molecule has 2 rings (SSSR count). The van der Waals surface area contributed by atoms with Crippen molar-refractivity contribution in [2.24, 2.45) is 5.73 Å². The molecule has 0 aliphatic carbocycles. The van der Waals surface area contributed by atoms with Gasteiger partial charge in [0.25, 0.3) is 0 Å². The highest BCUT2D eigenvalue weighted by molar-refractivity contribution is 6.30. The lowest BCUT2D eigenvalue weighted by Crippen LogP contribution is -2.28. The van der Waals surface area contributed by atoms with Crippen molar-refractivity contribution in [1.29, 1.82) is 5.41 Å². The molecular formula is C19H18ClF4N3O. The quantitative estimate of drug-likeness (QED) is 0.325. The Morgan fingerprint density at radius 2 is 1.89 bits per heavy atom. The minimum atomic E-state index is -4.51. The average molecular weight is 416 g/mol. The van der Waals surface area contributed by atoms with E-state index in [4.69, 9.17) is 27.5 Å². The van der Waals surface area contributed by atoms with Crippen molar-refractivity contribution in [3.63, 3.8) is 0 Å². The fourth-order valence-corrected chi connectivity index (χ4v) is 2.37. The van der Waals surface area contributed by atoms with Crippen LogP contribution in [0.25, 0.3) is 5.70 Å². The first-order valence-corrected chi connectivity index (χ1v) is 8.49. The zero-order valence-corrected chi connectivity index (χ0v) is 15.5. The molecule has 28 heavy (non-hydrogen) atoms. The molecule has 0 bridgehead atoms. The molecule has 0 heterocycles. The first-order valence-electron chi connectivity index (χ1n) is 8.11. The standard InChI is InChI=1S/C19H18ClF4N3O/c1-11(19(22,23)24)28-10-12-6-13(8-15(21)7-12)17(9-18(25)26)27-16-4-2-14(20)3-5-16/h2-9,11,27H,10H2,1H3,(H3,25,26)/b17-9-/t11-/m1/s1. The highest BCUT2D eigenvalue weighted by Crippen LogP contribution is 2.25. The van der Waals surface area contributed by atoms with Gasteiger partial charge in [0.1, 0.15) is 11.7 Å². The van der Waals surface area contributed by atoms with Crippen LogP contribution in [-0.2, 0) is 11.3 Å². The van der Waals surface area contributed by atoms with Crippen molar-refractivity contribution in [3.8, 4) is 0 Å².